The predicted octanol–water partition coefficient (Wildman–Crippen LogP) is 3.15. The second-order valence-corrected chi connectivity index (χ2v) is 7.23. The standard InChI is InChI=1S/C16H17ClNO6P/c1-11(16(19)18-10-25(20,21)22)23-13-6-8-15(9-7-13)24-14-4-2-12(17)3-5-14/h2-9,11H,10H2,1H3,(H,18,19)(H2,20,21,22). The van der Waals surface area contributed by atoms with Crippen LogP contribution in [0.4, 0.5) is 0 Å². The normalized spacial score (nSPS) is 12.3. The molecule has 0 spiro atoms. The van der Waals surface area contributed by atoms with Crippen molar-refractivity contribution in [1.29, 1.82) is 0 Å². The van der Waals surface area contributed by atoms with Crippen molar-refractivity contribution >= 4 is 25.1 Å². The lowest BCUT2D eigenvalue weighted by molar-refractivity contribution is -0.127. The number of nitrogens with one attached hydrogen (secondary N) is 1. The molecule has 1 amide bonds. The molecule has 1 unspecified atom stereocenters. The lowest BCUT2D eigenvalue weighted by Crippen LogP contribution is -2.36. The van der Waals surface area contributed by atoms with Crippen LogP contribution >= 0.6 is 19.2 Å². The first kappa shape index (κ1) is 19.3. The summed E-state index contributed by atoms with van der Waals surface area (Å²) in [5.74, 6) is 1.00. The summed E-state index contributed by atoms with van der Waals surface area (Å²) in [6, 6.07) is 13.5. The van der Waals surface area contributed by atoms with E-state index in [1.807, 2.05) is 0 Å². The fourth-order valence-electron chi connectivity index (χ4n) is 1.81. The van der Waals surface area contributed by atoms with Gasteiger partial charge in [-0.25, -0.2) is 0 Å². The summed E-state index contributed by atoms with van der Waals surface area (Å²) >= 11 is 5.81. The minimum atomic E-state index is -4.30. The van der Waals surface area contributed by atoms with Gasteiger partial charge in [-0.2, -0.15) is 0 Å². The highest BCUT2D eigenvalue weighted by atomic mass is 35.5. The third kappa shape index (κ3) is 6.76. The average Bonchev–Trinajstić information content (AvgIpc) is 2.56. The van der Waals surface area contributed by atoms with E-state index in [1.165, 1.54) is 6.92 Å². The van der Waals surface area contributed by atoms with Gasteiger partial charge in [0, 0.05) is 5.02 Å². The van der Waals surface area contributed by atoms with Crippen molar-refractivity contribution in [2.45, 2.75) is 13.0 Å². The van der Waals surface area contributed by atoms with Crippen molar-refractivity contribution in [2.24, 2.45) is 0 Å². The second-order valence-electron chi connectivity index (χ2n) is 5.15. The number of benzene rings is 2. The van der Waals surface area contributed by atoms with Crippen molar-refractivity contribution in [3.8, 4) is 17.2 Å². The van der Waals surface area contributed by atoms with Crippen LogP contribution in [0.25, 0.3) is 0 Å². The third-order valence-corrected chi connectivity index (χ3v) is 3.84. The van der Waals surface area contributed by atoms with Crippen molar-refractivity contribution in [3.63, 3.8) is 0 Å². The van der Waals surface area contributed by atoms with Crippen LogP contribution in [0.2, 0.25) is 5.02 Å². The lowest BCUT2D eigenvalue weighted by atomic mass is 10.3. The molecule has 2 rings (SSSR count). The maximum atomic E-state index is 11.7. The van der Waals surface area contributed by atoms with Gasteiger partial charge in [-0.1, -0.05) is 11.6 Å². The van der Waals surface area contributed by atoms with Gasteiger partial charge in [0.2, 0.25) is 0 Å². The zero-order valence-corrected chi connectivity index (χ0v) is 14.9. The van der Waals surface area contributed by atoms with Gasteiger partial charge in [0.25, 0.3) is 5.91 Å². The number of amides is 1. The van der Waals surface area contributed by atoms with Gasteiger partial charge < -0.3 is 24.6 Å². The van der Waals surface area contributed by atoms with Crippen molar-refractivity contribution < 1.29 is 28.6 Å². The Bertz CT molecular complexity index is 759. The van der Waals surface area contributed by atoms with E-state index in [0.717, 1.165) is 0 Å². The highest BCUT2D eigenvalue weighted by Gasteiger charge is 2.19. The Morgan fingerprint density at radius 1 is 1.08 bits per heavy atom. The van der Waals surface area contributed by atoms with Gasteiger partial charge >= 0.3 is 7.60 Å². The number of ether oxygens (including phenoxy) is 2. The summed E-state index contributed by atoms with van der Waals surface area (Å²) in [5.41, 5.74) is 0. The first-order chi connectivity index (χ1) is 11.7. The quantitative estimate of drug-likeness (QED) is 0.632. The molecule has 2 aromatic rings. The predicted molar refractivity (Wildman–Crippen MR) is 93.1 cm³/mol. The molecule has 7 nitrogen and oxygen atoms in total. The van der Waals surface area contributed by atoms with Gasteiger partial charge in [0.15, 0.2) is 6.10 Å². The number of halogens is 1. The van der Waals surface area contributed by atoms with E-state index < -0.39 is 25.9 Å². The minimum absolute atomic E-state index is 0.419. The number of carbonyl (C=O) groups is 1. The zero-order chi connectivity index (χ0) is 18.4. The summed E-state index contributed by atoms with van der Waals surface area (Å²) in [5, 5.41) is 2.74. The summed E-state index contributed by atoms with van der Waals surface area (Å²) in [7, 11) is -4.30. The summed E-state index contributed by atoms with van der Waals surface area (Å²) in [4.78, 5) is 29.2. The van der Waals surface area contributed by atoms with Crippen molar-refractivity contribution in [2.75, 3.05) is 6.29 Å². The molecule has 0 radical (unpaired) electrons. The smallest absolute Gasteiger partial charge is 0.344 e. The molecule has 2 aromatic carbocycles. The van der Waals surface area contributed by atoms with Crippen LogP contribution < -0.4 is 14.8 Å². The lowest BCUT2D eigenvalue weighted by Gasteiger charge is -2.15. The topological polar surface area (TPSA) is 105 Å². The molecule has 0 aliphatic carbocycles. The zero-order valence-electron chi connectivity index (χ0n) is 13.3. The summed E-state index contributed by atoms with van der Waals surface area (Å²) < 4.78 is 21.8. The molecule has 134 valence electrons. The largest absolute Gasteiger partial charge is 0.481 e. The Balaban J connectivity index is 1.90. The Labute approximate surface area is 149 Å². The molecule has 0 aliphatic heterocycles. The van der Waals surface area contributed by atoms with Crippen LogP contribution in [-0.2, 0) is 9.36 Å². The molecule has 0 saturated heterocycles. The number of hydrogen-bond donors (Lipinski definition) is 3. The highest BCUT2D eigenvalue weighted by Crippen LogP contribution is 2.32. The van der Waals surface area contributed by atoms with Crippen LogP contribution in [0.1, 0.15) is 6.92 Å². The van der Waals surface area contributed by atoms with Crippen LogP contribution in [-0.4, -0.2) is 28.1 Å². The molecule has 0 saturated carbocycles. The summed E-state index contributed by atoms with van der Waals surface area (Å²) in [6.07, 6.45) is -1.64. The molecule has 0 bridgehead atoms. The molecular weight excluding hydrogens is 369 g/mol. The first-order valence-electron chi connectivity index (χ1n) is 7.25. The maximum absolute atomic E-state index is 11.7. The third-order valence-electron chi connectivity index (χ3n) is 3.01. The first-order valence-corrected chi connectivity index (χ1v) is 9.43. The van der Waals surface area contributed by atoms with E-state index in [4.69, 9.17) is 30.9 Å². The van der Waals surface area contributed by atoms with E-state index in [-0.39, 0.29) is 0 Å². The highest BCUT2D eigenvalue weighted by molar-refractivity contribution is 7.51. The molecule has 0 aliphatic rings. The van der Waals surface area contributed by atoms with E-state index >= 15 is 0 Å². The van der Waals surface area contributed by atoms with Gasteiger partial charge in [-0.15, -0.1) is 0 Å². The van der Waals surface area contributed by atoms with Gasteiger partial charge in [-0.05, 0) is 55.5 Å². The van der Waals surface area contributed by atoms with E-state index in [0.29, 0.717) is 22.3 Å². The molecule has 3 N–H and O–H groups in total. The number of hydrogen-bond acceptors (Lipinski definition) is 4. The Morgan fingerprint density at radius 3 is 2.08 bits per heavy atom. The number of rotatable bonds is 7. The van der Waals surface area contributed by atoms with Gasteiger partial charge in [0.1, 0.15) is 23.5 Å². The Kier molecular flexibility index (Phi) is 6.45. The average molecular weight is 386 g/mol. The van der Waals surface area contributed by atoms with Crippen molar-refractivity contribution in [3.05, 3.63) is 53.6 Å². The summed E-state index contributed by atoms with van der Waals surface area (Å²) in [6.45, 7) is 1.48. The van der Waals surface area contributed by atoms with E-state index in [1.54, 1.807) is 48.5 Å². The van der Waals surface area contributed by atoms with E-state index in [9.17, 15) is 9.36 Å². The number of carbonyl (C=O) groups excluding carboxylic acids is 1. The minimum Gasteiger partial charge on any atom is -0.481 e. The molecule has 25 heavy (non-hydrogen) atoms. The Hall–Kier alpha value is -2.05. The van der Waals surface area contributed by atoms with E-state index in [2.05, 4.69) is 5.32 Å². The van der Waals surface area contributed by atoms with Gasteiger partial charge in [0.05, 0.1) is 0 Å². The maximum Gasteiger partial charge on any atom is 0.344 e. The van der Waals surface area contributed by atoms with Crippen LogP contribution in [0.3, 0.4) is 0 Å². The molecule has 0 aromatic heterocycles. The van der Waals surface area contributed by atoms with Crippen LogP contribution in [0, 0.1) is 0 Å². The van der Waals surface area contributed by atoms with Crippen LogP contribution in [0.5, 0.6) is 17.2 Å². The molecule has 1 atom stereocenters. The fraction of sp³-hybridized carbons (Fsp3) is 0.188. The van der Waals surface area contributed by atoms with Crippen molar-refractivity contribution in [1.82, 2.24) is 5.32 Å². The fourth-order valence-corrected chi connectivity index (χ4v) is 2.30. The SMILES string of the molecule is CC(Oc1ccc(Oc2ccc(Cl)cc2)cc1)C(=O)NCP(=O)(O)O. The monoisotopic (exact) mass is 385 g/mol. The molecular formula is C16H17ClNO6P. The molecule has 0 fully saturated rings. The van der Waals surface area contributed by atoms with Gasteiger partial charge in [-0.3, -0.25) is 9.36 Å². The van der Waals surface area contributed by atoms with Crippen LogP contribution in [0.15, 0.2) is 48.5 Å². The Morgan fingerprint density at radius 2 is 1.56 bits per heavy atom. The second kappa shape index (κ2) is 8.36. The molecule has 9 heteroatoms. The molecule has 0 heterocycles.